The Kier molecular flexibility index (Phi) is 5.46. The van der Waals surface area contributed by atoms with Gasteiger partial charge in [-0.15, -0.1) is 0 Å². The molecule has 0 aliphatic heterocycles. The minimum atomic E-state index is -0.763. The number of benzene rings is 1. The first kappa shape index (κ1) is 16.7. The first-order valence-corrected chi connectivity index (χ1v) is 7.30. The highest BCUT2D eigenvalue weighted by molar-refractivity contribution is 6.39. The third kappa shape index (κ3) is 5.21. The van der Waals surface area contributed by atoms with Crippen molar-refractivity contribution in [3.63, 3.8) is 0 Å². The van der Waals surface area contributed by atoms with Crippen molar-refractivity contribution in [2.24, 2.45) is 7.05 Å². The molecule has 0 spiro atoms. The lowest BCUT2D eigenvalue weighted by atomic mass is 10.1. The summed E-state index contributed by atoms with van der Waals surface area (Å²) in [6.45, 7) is 1.80. The number of anilines is 1. The molecule has 1 heterocycles. The van der Waals surface area contributed by atoms with Crippen LogP contribution in [0, 0.1) is 5.82 Å². The fraction of sp³-hybridized carbons (Fsp3) is 0.312. The van der Waals surface area contributed by atoms with Gasteiger partial charge in [0.05, 0.1) is 0 Å². The van der Waals surface area contributed by atoms with Crippen molar-refractivity contribution in [2.75, 3.05) is 5.32 Å². The first-order chi connectivity index (χ1) is 10.9. The van der Waals surface area contributed by atoms with E-state index in [2.05, 4.69) is 15.7 Å². The maximum Gasteiger partial charge on any atom is 0.314 e. The van der Waals surface area contributed by atoms with Crippen LogP contribution in [0.25, 0.3) is 0 Å². The lowest BCUT2D eigenvalue weighted by molar-refractivity contribution is -0.136. The Bertz CT molecular complexity index is 699. The molecule has 0 aliphatic carbocycles. The summed E-state index contributed by atoms with van der Waals surface area (Å²) in [5.74, 6) is -1.45. The second kappa shape index (κ2) is 7.53. The highest BCUT2D eigenvalue weighted by atomic mass is 19.1. The fourth-order valence-electron chi connectivity index (χ4n) is 2.09. The lowest BCUT2D eigenvalue weighted by Gasteiger charge is -2.13. The Morgan fingerprint density at radius 2 is 2.09 bits per heavy atom. The molecule has 2 aromatic rings. The zero-order valence-corrected chi connectivity index (χ0v) is 13.0. The quantitative estimate of drug-likeness (QED) is 0.823. The lowest BCUT2D eigenvalue weighted by Crippen LogP contribution is -2.40. The highest BCUT2D eigenvalue weighted by Gasteiger charge is 2.17. The molecule has 122 valence electrons. The monoisotopic (exact) mass is 318 g/mol. The Labute approximate surface area is 133 Å². The van der Waals surface area contributed by atoms with E-state index in [4.69, 9.17) is 0 Å². The van der Waals surface area contributed by atoms with Gasteiger partial charge in [0.2, 0.25) is 0 Å². The van der Waals surface area contributed by atoms with Crippen molar-refractivity contribution in [3.8, 4) is 0 Å². The van der Waals surface area contributed by atoms with E-state index in [0.29, 0.717) is 18.7 Å². The van der Waals surface area contributed by atoms with Crippen LogP contribution in [-0.2, 0) is 23.1 Å². The smallest absolute Gasteiger partial charge is 0.314 e. The number of aryl methyl sites for hydroxylation is 2. The summed E-state index contributed by atoms with van der Waals surface area (Å²) in [6, 6.07) is 7.71. The SMILES string of the molecule is C[C@@H](CCc1cccc(F)c1)NC(=O)C(=O)Nc1ccn(C)n1. The topological polar surface area (TPSA) is 76.0 Å². The van der Waals surface area contributed by atoms with Crippen LogP contribution in [0.15, 0.2) is 36.5 Å². The van der Waals surface area contributed by atoms with E-state index < -0.39 is 11.8 Å². The molecule has 7 heteroatoms. The van der Waals surface area contributed by atoms with Gasteiger partial charge in [-0.2, -0.15) is 5.10 Å². The first-order valence-electron chi connectivity index (χ1n) is 7.30. The van der Waals surface area contributed by atoms with Crippen molar-refractivity contribution < 1.29 is 14.0 Å². The summed E-state index contributed by atoms with van der Waals surface area (Å²) in [4.78, 5) is 23.6. The second-order valence-electron chi connectivity index (χ2n) is 5.37. The molecule has 0 bridgehead atoms. The number of nitrogens with one attached hydrogen (secondary N) is 2. The van der Waals surface area contributed by atoms with Gasteiger partial charge in [-0.25, -0.2) is 4.39 Å². The van der Waals surface area contributed by atoms with Crippen molar-refractivity contribution in [2.45, 2.75) is 25.8 Å². The number of nitrogens with zero attached hydrogens (tertiary/aromatic N) is 2. The van der Waals surface area contributed by atoms with Crippen LogP contribution < -0.4 is 10.6 Å². The molecule has 1 aromatic carbocycles. The van der Waals surface area contributed by atoms with Crippen molar-refractivity contribution >= 4 is 17.6 Å². The number of hydrogen-bond donors (Lipinski definition) is 2. The summed E-state index contributed by atoms with van der Waals surface area (Å²) >= 11 is 0. The van der Waals surface area contributed by atoms with E-state index in [1.165, 1.54) is 16.8 Å². The number of aromatic nitrogens is 2. The Morgan fingerprint density at radius 3 is 2.74 bits per heavy atom. The number of halogens is 1. The number of hydrogen-bond acceptors (Lipinski definition) is 3. The van der Waals surface area contributed by atoms with Gasteiger partial charge in [-0.1, -0.05) is 12.1 Å². The van der Waals surface area contributed by atoms with Gasteiger partial charge in [0.25, 0.3) is 0 Å². The molecule has 0 radical (unpaired) electrons. The van der Waals surface area contributed by atoms with Crippen LogP contribution in [0.3, 0.4) is 0 Å². The number of rotatable bonds is 5. The van der Waals surface area contributed by atoms with Crippen molar-refractivity contribution in [1.29, 1.82) is 0 Å². The molecule has 1 atom stereocenters. The van der Waals surface area contributed by atoms with Gasteiger partial charge >= 0.3 is 11.8 Å². The molecule has 0 aliphatic rings. The minimum Gasteiger partial charge on any atom is -0.345 e. The molecule has 0 unspecified atom stereocenters. The molecule has 23 heavy (non-hydrogen) atoms. The summed E-state index contributed by atoms with van der Waals surface area (Å²) in [5, 5.41) is 8.99. The predicted molar refractivity (Wildman–Crippen MR) is 84.2 cm³/mol. The van der Waals surface area contributed by atoms with Crippen LogP contribution in [0.1, 0.15) is 18.9 Å². The number of carbonyl (C=O) groups excluding carboxylic acids is 2. The molecule has 0 saturated heterocycles. The Hall–Kier alpha value is -2.70. The van der Waals surface area contributed by atoms with E-state index in [1.807, 2.05) is 6.07 Å². The summed E-state index contributed by atoms with van der Waals surface area (Å²) in [6.07, 6.45) is 2.88. The Balaban J connectivity index is 1.78. The average Bonchev–Trinajstić information content (AvgIpc) is 2.90. The molecule has 6 nitrogen and oxygen atoms in total. The van der Waals surface area contributed by atoms with Crippen molar-refractivity contribution in [1.82, 2.24) is 15.1 Å². The van der Waals surface area contributed by atoms with E-state index >= 15 is 0 Å². The van der Waals surface area contributed by atoms with Gasteiger partial charge < -0.3 is 10.6 Å². The molecule has 0 saturated carbocycles. The van der Waals surface area contributed by atoms with E-state index in [1.54, 1.807) is 32.3 Å². The van der Waals surface area contributed by atoms with Gasteiger partial charge in [-0.3, -0.25) is 14.3 Å². The summed E-state index contributed by atoms with van der Waals surface area (Å²) < 4.78 is 14.6. The molecule has 2 rings (SSSR count). The molecule has 2 N–H and O–H groups in total. The third-order valence-electron chi connectivity index (χ3n) is 3.29. The van der Waals surface area contributed by atoms with Gasteiger partial charge in [0, 0.05) is 25.4 Å². The third-order valence-corrected chi connectivity index (χ3v) is 3.29. The maximum atomic E-state index is 13.1. The summed E-state index contributed by atoms with van der Waals surface area (Å²) in [7, 11) is 1.71. The largest absolute Gasteiger partial charge is 0.345 e. The molecular weight excluding hydrogens is 299 g/mol. The average molecular weight is 318 g/mol. The summed E-state index contributed by atoms with van der Waals surface area (Å²) in [5.41, 5.74) is 0.851. The predicted octanol–water partition coefficient (Wildman–Crippen LogP) is 1.64. The standard InChI is InChI=1S/C16H19FN4O2/c1-11(6-7-12-4-3-5-13(17)10-12)18-15(22)16(23)19-14-8-9-21(2)20-14/h3-5,8-11H,6-7H2,1-2H3,(H,18,22)(H,19,20,23)/t11-/m0/s1. The van der Waals surface area contributed by atoms with Crippen LogP contribution in [0.2, 0.25) is 0 Å². The van der Waals surface area contributed by atoms with Gasteiger partial charge in [-0.05, 0) is 37.5 Å². The molecular formula is C16H19FN4O2. The zero-order chi connectivity index (χ0) is 16.8. The molecule has 2 amide bonds. The second-order valence-corrected chi connectivity index (χ2v) is 5.37. The van der Waals surface area contributed by atoms with Gasteiger partial charge in [0.1, 0.15) is 5.82 Å². The highest BCUT2D eigenvalue weighted by Crippen LogP contribution is 2.08. The van der Waals surface area contributed by atoms with Gasteiger partial charge in [0.15, 0.2) is 5.82 Å². The van der Waals surface area contributed by atoms with Crippen LogP contribution >= 0.6 is 0 Å². The number of amides is 2. The van der Waals surface area contributed by atoms with E-state index in [0.717, 1.165) is 5.56 Å². The number of carbonyl (C=O) groups is 2. The molecule has 1 aromatic heterocycles. The zero-order valence-electron chi connectivity index (χ0n) is 13.0. The minimum absolute atomic E-state index is 0.208. The fourth-order valence-corrected chi connectivity index (χ4v) is 2.09. The van der Waals surface area contributed by atoms with Crippen molar-refractivity contribution in [3.05, 3.63) is 47.9 Å². The van der Waals surface area contributed by atoms with Crippen LogP contribution in [-0.4, -0.2) is 27.6 Å². The van der Waals surface area contributed by atoms with E-state index in [9.17, 15) is 14.0 Å². The normalized spacial score (nSPS) is 11.8. The van der Waals surface area contributed by atoms with Crippen LogP contribution in [0.5, 0.6) is 0 Å². The Morgan fingerprint density at radius 1 is 1.30 bits per heavy atom. The maximum absolute atomic E-state index is 13.1. The van der Waals surface area contributed by atoms with Crippen LogP contribution in [0.4, 0.5) is 10.2 Å². The van der Waals surface area contributed by atoms with E-state index in [-0.39, 0.29) is 11.9 Å². The molecule has 0 fully saturated rings.